The largest absolute Gasteiger partial charge is 0.343 e. The lowest BCUT2D eigenvalue weighted by molar-refractivity contribution is -0.127. The number of fused-ring (bicyclic) bond motifs is 1. The van der Waals surface area contributed by atoms with E-state index in [0.29, 0.717) is 18.0 Å². The molecule has 1 atom stereocenters. The first-order valence-corrected chi connectivity index (χ1v) is 8.77. The molecule has 1 aromatic carbocycles. The molecule has 0 spiro atoms. The summed E-state index contributed by atoms with van der Waals surface area (Å²) >= 11 is 0. The molecule has 3 heterocycles. The summed E-state index contributed by atoms with van der Waals surface area (Å²) in [5, 5.41) is 9.11. The normalized spacial score (nSPS) is 19.2. The van der Waals surface area contributed by atoms with Crippen molar-refractivity contribution < 1.29 is 4.79 Å². The van der Waals surface area contributed by atoms with Gasteiger partial charge < -0.3 is 9.80 Å². The van der Waals surface area contributed by atoms with Crippen LogP contribution in [0.1, 0.15) is 36.4 Å². The fraction of sp³-hybridized carbons (Fsp3) is 0.350. The van der Waals surface area contributed by atoms with Gasteiger partial charge in [-0.3, -0.25) is 4.79 Å². The highest BCUT2D eigenvalue weighted by atomic mass is 16.2. The van der Waals surface area contributed by atoms with Crippen molar-refractivity contribution in [2.45, 2.75) is 25.2 Å². The monoisotopic (exact) mass is 332 g/mol. The lowest BCUT2D eigenvalue weighted by atomic mass is 9.98. The Bertz CT molecular complexity index is 842. The SMILES string of the molecule is N#Cc1cccc(N2CC(CCN3CCCC3=O)c3ccccc32)n1. The van der Waals surface area contributed by atoms with Crippen molar-refractivity contribution in [2.24, 2.45) is 0 Å². The molecule has 1 aromatic heterocycles. The number of likely N-dealkylation sites (tertiary alicyclic amines) is 1. The molecule has 2 aromatic rings. The highest BCUT2D eigenvalue weighted by molar-refractivity contribution is 5.78. The molecule has 1 saturated heterocycles. The van der Waals surface area contributed by atoms with E-state index in [1.165, 1.54) is 5.56 Å². The number of carbonyl (C=O) groups excluding carboxylic acids is 1. The number of para-hydroxylation sites is 1. The van der Waals surface area contributed by atoms with Gasteiger partial charge in [-0.15, -0.1) is 0 Å². The number of benzene rings is 1. The Balaban J connectivity index is 1.57. The molecule has 0 saturated carbocycles. The summed E-state index contributed by atoms with van der Waals surface area (Å²) < 4.78 is 0. The van der Waals surface area contributed by atoms with Gasteiger partial charge in [-0.2, -0.15) is 5.26 Å². The second-order valence-corrected chi connectivity index (χ2v) is 6.63. The molecule has 5 nitrogen and oxygen atoms in total. The van der Waals surface area contributed by atoms with E-state index in [2.05, 4.69) is 34.2 Å². The number of hydrogen-bond acceptors (Lipinski definition) is 4. The second-order valence-electron chi connectivity index (χ2n) is 6.63. The van der Waals surface area contributed by atoms with Crippen LogP contribution in [0.4, 0.5) is 11.5 Å². The van der Waals surface area contributed by atoms with Crippen LogP contribution in [0.3, 0.4) is 0 Å². The zero-order valence-electron chi connectivity index (χ0n) is 14.1. The Morgan fingerprint density at radius 3 is 2.88 bits per heavy atom. The van der Waals surface area contributed by atoms with Gasteiger partial charge in [0.2, 0.25) is 5.91 Å². The van der Waals surface area contributed by atoms with Crippen LogP contribution in [0.15, 0.2) is 42.5 Å². The van der Waals surface area contributed by atoms with Crippen molar-refractivity contribution in [3.8, 4) is 6.07 Å². The maximum atomic E-state index is 11.9. The van der Waals surface area contributed by atoms with Gasteiger partial charge in [-0.25, -0.2) is 4.98 Å². The minimum atomic E-state index is 0.284. The molecule has 0 radical (unpaired) electrons. The molecule has 126 valence electrons. The molecule has 2 aliphatic heterocycles. The molecule has 1 fully saturated rings. The van der Waals surface area contributed by atoms with Crippen LogP contribution in [-0.4, -0.2) is 35.4 Å². The highest BCUT2D eigenvalue weighted by Crippen LogP contribution is 2.41. The molecule has 4 rings (SSSR count). The number of aromatic nitrogens is 1. The Hall–Kier alpha value is -2.87. The Labute approximate surface area is 147 Å². The average molecular weight is 332 g/mol. The average Bonchev–Trinajstić information content (AvgIpc) is 3.23. The summed E-state index contributed by atoms with van der Waals surface area (Å²) in [5.74, 6) is 1.47. The summed E-state index contributed by atoms with van der Waals surface area (Å²) in [6.07, 6.45) is 2.63. The van der Waals surface area contributed by atoms with Crippen LogP contribution in [0.2, 0.25) is 0 Å². The van der Waals surface area contributed by atoms with E-state index >= 15 is 0 Å². The number of hydrogen-bond donors (Lipinski definition) is 0. The van der Waals surface area contributed by atoms with Crippen molar-refractivity contribution in [2.75, 3.05) is 24.5 Å². The van der Waals surface area contributed by atoms with E-state index in [0.717, 1.165) is 44.0 Å². The zero-order chi connectivity index (χ0) is 17.2. The Morgan fingerprint density at radius 2 is 2.08 bits per heavy atom. The first-order valence-electron chi connectivity index (χ1n) is 8.77. The topological polar surface area (TPSA) is 60.2 Å². The van der Waals surface area contributed by atoms with Gasteiger partial charge in [0.25, 0.3) is 0 Å². The van der Waals surface area contributed by atoms with Crippen LogP contribution in [0, 0.1) is 11.3 Å². The van der Waals surface area contributed by atoms with E-state index in [9.17, 15) is 4.79 Å². The lowest BCUT2D eigenvalue weighted by Gasteiger charge is -2.20. The summed E-state index contributed by atoms with van der Waals surface area (Å²) in [6, 6.07) is 16.0. The minimum Gasteiger partial charge on any atom is -0.343 e. The molecular weight excluding hydrogens is 312 g/mol. The number of nitriles is 1. The van der Waals surface area contributed by atoms with E-state index in [-0.39, 0.29) is 5.91 Å². The number of rotatable bonds is 4. The van der Waals surface area contributed by atoms with Gasteiger partial charge in [0.05, 0.1) is 0 Å². The van der Waals surface area contributed by atoms with Crippen molar-refractivity contribution in [1.29, 1.82) is 5.26 Å². The van der Waals surface area contributed by atoms with Gasteiger partial charge in [0, 0.05) is 37.7 Å². The number of nitrogens with zero attached hydrogens (tertiary/aromatic N) is 4. The molecule has 1 amide bonds. The summed E-state index contributed by atoms with van der Waals surface area (Å²) in [4.78, 5) is 20.5. The third kappa shape index (κ3) is 2.96. The van der Waals surface area contributed by atoms with Gasteiger partial charge in [-0.05, 0) is 36.6 Å². The van der Waals surface area contributed by atoms with E-state index in [1.54, 1.807) is 6.07 Å². The molecule has 5 heteroatoms. The molecule has 2 aliphatic rings. The third-order valence-electron chi connectivity index (χ3n) is 5.11. The number of anilines is 2. The summed E-state index contributed by atoms with van der Waals surface area (Å²) in [6.45, 7) is 2.54. The van der Waals surface area contributed by atoms with Gasteiger partial charge in [0.1, 0.15) is 17.6 Å². The molecule has 0 bridgehead atoms. The molecule has 0 N–H and O–H groups in total. The lowest BCUT2D eigenvalue weighted by Crippen LogP contribution is -2.27. The fourth-order valence-corrected chi connectivity index (χ4v) is 3.85. The second kappa shape index (κ2) is 6.56. The molecule has 1 unspecified atom stereocenters. The summed E-state index contributed by atoms with van der Waals surface area (Å²) in [7, 11) is 0. The maximum absolute atomic E-state index is 11.9. The van der Waals surface area contributed by atoms with Crippen LogP contribution in [0.25, 0.3) is 0 Å². The number of pyridine rings is 1. The standard InChI is InChI=1S/C20H20N4O/c21-13-16-5-3-8-19(22-16)24-14-15(17-6-1-2-7-18(17)24)10-12-23-11-4-9-20(23)25/h1-3,5-8,15H,4,9-12,14H2. The smallest absolute Gasteiger partial charge is 0.222 e. The van der Waals surface area contributed by atoms with E-state index in [1.807, 2.05) is 23.1 Å². The van der Waals surface area contributed by atoms with E-state index < -0.39 is 0 Å². The quantitative estimate of drug-likeness (QED) is 0.862. The minimum absolute atomic E-state index is 0.284. The van der Waals surface area contributed by atoms with Crippen LogP contribution >= 0.6 is 0 Å². The van der Waals surface area contributed by atoms with Crippen LogP contribution in [0.5, 0.6) is 0 Å². The van der Waals surface area contributed by atoms with Crippen LogP contribution in [-0.2, 0) is 4.79 Å². The van der Waals surface area contributed by atoms with Gasteiger partial charge in [0.15, 0.2) is 0 Å². The first-order chi connectivity index (χ1) is 12.3. The fourth-order valence-electron chi connectivity index (χ4n) is 3.85. The molecule has 25 heavy (non-hydrogen) atoms. The van der Waals surface area contributed by atoms with Crippen molar-refractivity contribution in [1.82, 2.24) is 9.88 Å². The zero-order valence-corrected chi connectivity index (χ0v) is 14.1. The predicted octanol–water partition coefficient (Wildman–Crippen LogP) is 3.20. The van der Waals surface area contributed by atoms with Crippen molar-refractivity contribution in [3.05, 3.63) is 53.7 Å². The number of carbonyl (C=O) groups is 1. The predicted molar refractivity (Wildman–Crippen MR) is 95.6 cm³/mol. The Morgan fingerprint density at radius 1 is 1.20 bits per heavy atom. The van der Waals surface area contributed by atoms with Crippen molar-refractivity contribution >= 4 is 17.4 Å². The first kappa shape index (κ1) is 15.6. The van der Waals surface area contributed by atoms with Crippen LogP contribution < -0.4 is 4.90 Å². The van der Waals surface area contributed by atoms with Gasteiger partial charge in [-0.1, -0.05) is 24.3 Å². The molecule has 0 aliphatic carbocycles. The maximum Gasteiger partial charge on any atom is 0.222 e. The molecular formula is C20H20N4O. The van der Waals surface area contributed by atoms with E-state index in [4.69, 9.17) is 5.26 Å². The third-order valence-corrected chi connectivity index (χ3v) is 5.11. The highest BCUT2D eigenvalue weighted by Gasteiger charge is 2.31. The summed E-state index contributed by atoms with van der Waals surface area (Å²) in [5.41, 5.74) is 2.89. The Kier molecular flexibility index (Phi) is 4.10. The van der Waals surface area contributed by atoms with Gasteiger partial charge >= 0.3 is 0 Å². The van der Waals surface area contributed by atoms with Crippen molar-refractivity contribution in [3.63, 3.8) is 0 Å². The number of amides is 1.